The first kappa shape index (κ1) is 14.4. The largest absolute Gasteiger partial charge is 0.494 e. The molecule has 1 aromatic carbocycles. The van der Waals surface area contributed by atoms with Crippen LogP contribution in [0.25, 0.3) is 0 Å². The fourth-order valence-electron chi connectivity index (χ4n) is 1.18. The molecular weight excluding hydrogens is 259 g/mol. The van der Waals surface area contributed by atoms with Crippen LogP contribution in [-0.4, -0.2) is 31.6 Å². The molecule has 0 bridgehead atoms. The summed E-state index contributed by atoms with van der Waals surface area (Å²) >= 11 is 0. The van der Waals surface area contributed by atoms with Gasteiger partial charge >= 0.3 is 12.0 Å². The van der Waals surface area contributed by atoms with Crippen molar-refractivity contribution in [2.45, 2.75) is 0 Å². The van der Waals surface area contributed by atoms with Crippen molar-refractivity contribution in [1.29, 1.82) is 0 Å². The molecule has 0 fully saturated rings. The van der Waals surface area contributed by atoms with Gasteiger partial charge in [-0.05, 0) is 18.2 Å². The Bertz CT molecular complexity index is 518. The fraction of sp³-hybridized carbons (Fsp3) is 0.182. The first-order chi connectivity index (χ1) is 8.93. The molecule has 0 heterocycles. The average molecular weight is 270 g/mol. The van der Waals surface area contributed by atoms with Crippen molar-refractivity contribution < 1.29 is 28.2 Å². The van der Waals surface area contributed by atoms with Gasteiger partial charge in [0.2, 0.25) is 0 Å². The minimum atomic E-state index is -1.06. The first-order valence-corrected chi connectivity index (χ1v) is 5.04. The van der Waals surface area contributed by atoms with Gasteiger partial charge in [0, 0.05) is 0 Å². The highest BCUT2D eigenvalue weighted by atomic mass is 19.1. The van der Waals surface area contributed by atoms with Gasteiger partial charge in [-0.3, -0.25) is 10.1 Å². The number of urea groups is 1. The van der Waals surface area contributed by atoms with Crippen LogP contribution in [0, 0.1) is 5.82 Å². The predicted molar refractivity (Wildman–Crippen MR) is 61.0 cm³/mol. The Hall–Kier alpha value is -2.64. The lowest BCUT2D eigenvalue weighted by molar-refractivity contribution is -0.123. The van der Waals surface area contributed by atoms with E-state index in [1.807, 2.05) is 0 Å². The number of carbonyl (C=O) groups is 3. The summed E-state index contributed by atoms with van der Waals surface area (Å²) in [6.45, 7) is -0.699. The number of amides is 3. The molecule has 0 aliphatic heterocycles. The zero-order valence-electron chi connectivity index (χ0n) is 9.94. The Labute approximate surface area is 107 Å². The van der Waals surface area contributed by atoms with Gasteiger partial charge < -0.3 is 15.2 Å². The van der Waals surface area contributed by atoms with Crippen LogP contribution in [0.4, 0.5) is 9.18 Å². The number of rotatable bonds is 4. The topological polar surface area (TPSA) is 108 Å². The molecule has 0 spiro atoms. The highest BCUT2D eigenvalue weighted by Crippen LogP contribution is 2.18. The summed E-state index contributed by atoms with van der Waals surface area (Å²) in [6, 6.07) is 2.37. The van der Waals surface area contributed by atoms with Crippen LogP contribution in [0.5, 0.6) is 5.75 Å². The number of nitrogens with two attached hydrogens (primary N) is 1. The maximum Gasteiger partial charge on any atom is 0.338 e. The van der Waals surface area contributed by atoms with Crippen LogP contribution in [-0.2, 0) is 9.53 Å². The molecule has 0 aliphatic carbocycles. The Morgan fingerprint density at radius 2 is 2.05 bits per heavy atom. The van der Waals surface area contributed by atoms with Gasteiger partial charge in [0.15, 0.2) is 18.2 Å². The molecule has 3 N–H and O–H groups in total. The smallest absolute Gasteiger partial charge is 0.338 e. The van der Waals surface area contributed by atoms with Crippen molar-refractivity contribution in [3.63, 3.8) is 0 Å². The van der Waals surface area contributed by atoms with Gasteiger partial charge in [-0.15, -0.1) is 0 Å². The number of halogens is 1. The van der Waals surface area contributed by atoms with Crippen LogP contribution in [0.2, 0.25) is 0 Å². The maximum atomic E-state index is 13.3. The van der Waals surface area contributed by atoms with Gasteiger partial charge in [0.1, 0.15) is 0 Å². The number of carbonyl (C=O) groups excluding carboxylic acids is 3. The van der Waals surface area contributed by atoms with E-state index in [0.717, 1.165) is 6.07 Å². The van der Waals surface area contributed by atoms with Crippen molar-refractivity contribution in [2.24, 2.45) is 5.73 Å². The van der Waals surface area contributed by atoms with E-state index in [-0.39, 0.29) is 11.3 Å². The number of primary amides is 1. The third kappa shape index (κ3) is 4.26. The van der Waals surface area contributed by atoms with Crippen LogP contribution < -0.4 is 15.8 Å². The van der Waals surface area contributed by atoms with Crippen LogP contribution in [0.15, 0.2) is 18.2 Å². The van der Waals surface area contributed by atoms with Crippen LogP contribution >= 0.6 is 0 Å². The Balaban J connectivity index is 2.61. The third-order valence-electron chi connectivity index (χ3n) is 1.98. The number of methoxy groups -OCH3 is 1. The van der Waals surface area contributed by atoms with Gasteiger partial charge in [-0.25, -0.2) is 14.0 Å². The monoisotopic (exact) mass is 270 g/mol. The summed E-state index contributed by atoms with van der Waals surface area (Å²) in [6.07, 6.45) is 0. The van der Waals surface area contributed by atoms with Crippen LogP contribution in [0.3, 0.4) is 0 Å². The molecule has 102 valence electrons. The zero-order chi connectivity index (χ0) is 14.4. The van der Waals surface area contributed by atoms with Crippen LogP contribution in [0.1, 0.15) is 10.4 Å². The number of esters is 1. The van der Waals surface area contributed by atoms with Gasteiger partial charge in [-0.1, -0.05) is 0 Å². The highest BCUT2D eigenvalue weighted by molar-refractivity contribution is 5.96. The number of imide groups is 1. The summed E-state index contributed by atoms with van der Waals surface area (Å²) in [7, 11) is 1.28. The lowest BCUT2D eigenvalue weighted by atomic mass is 10.2. The molecule has 0 aliphatic rings. The van der Waals surface area contributed by atoms with Gasteiger partial charge in [-0.2, -0.15) is 0 Å². The lowest BCUT2D eigenvalue weighted by Gasteiger charge is -2.06. The van der Waals surface area contributed by atoms with Crippen molar-refractivity contribution in [3.05, 3.63) is 29.6 Å². The number of hydrogen-bond donors (Lipinski definition) is 2. The molecule has 0 saturated carbocycles. The first-order valence-electron chi connectivity index (χ1n) is 5.04. The number of benzene rings is 1. The molecule has 19 heavy (non-hydrogen) atoms. The minimum absolute atomic E-state index is 0.0250. The maximum absolute atomic E-state index is 13.3. The summed E-state index contributed by atoms with van der Waals surface area (Å²) in [4.78, 5) is 32.8. The third-order valence-corrected chi connectivity index (χ3v) is 1.98. The second-order valence-electron chi connectivity index (χ2n) is 3.34. The Morgan fingerprint density at radius 3 is 2.58 bits per heavy atom. The standard InChI is InChI=1S/C11H11FN2O5/c1-18-8-3-2-6(4-7(8)12)10(16)19-5-9(15)14-11(13)17/h2-4H,5H2,1H3,(H3,13,14,15,17). The average Bonchev–Trinajstić information content (AvgIpc) is 2.35. The predicted octanol–water partition coefficient (Wildman–Crippen LogP) is 0.186. The van der Waals surface area contributed by atoms with Gasteiger partial charge in [0.25, 0.3) is 5.91 Å². The fourth-order valence-corrected chi connectivity index (χ4v) is 1.18. The summed E-state index contributed by atoms with van der Waals surface area (Å²) < 4.78 is 22.5. The normalized spacial score (nSPS) is 9.58. The number of hydrogen-bond acceptors (Lipinski definition) is 5. The molecule has 0 aromatic heterocycles. The summed E-state index contributed by atoms with van der Waals surface area (Å²) in [5, 5.41) is 1.71. The van der Waals surface area contributed by atoms with Crippen molar-refractivity contribution >= 4 is 17.9 Å². The van der Waals surface area contributed by atoms with E-state index in [0.29, 0.717) is 0 Å². The zero-order valence-corrected chi connectivity index (χ0v) is 9.94. The molecule has 0 saturated heterocycles. The lowest BCUT2D eigenvalue weighted by Crippen LogP contribution is -2.37. The Morgan fingerprint density at radius 1 is 1.37 bits per heavy atom. The second kappa shape index (κ2) is 6.34. The molecule has 1 aromatic rings. The van der Waals surface area contributed by atoms with Gasteiger partial charge in [0.05, 0.1) is 12.7 Å². The molecule has 7 nitrogen and oxygen atoms in total. The number of nitrogens with one attached hydrogen (secondary N) is 1. The SMILES string of the molecule is COc1ccc(C(=O)OCC(=O)NC(N)=O)cc1F. The molecule has 1 rings (SSSR count). The quantitative estimate of drug-likeness (QED) is 0.759. The molecule has 0 unspecified atom stereocenters. The molecule has 3 amide bonds. The Kier molecular flexibility index (Phi) is 4.81. The number of ether oxygens (including phenoxy) is 2. The van der Waals surface area contributed by atoms with Crippen molar-refractivity contribution in [3.8, 4) is 5.75 Å². The molecule has 0 atom stereocenters. The van der Waals surface area contributed by atoms with E-state index < -0.39 is 30.3 Å². The highest BCUT2D eigenvalue weighted by Gasteiger charge is 2.13. The second-order valence-corrected chi connectivity index (χ2v) is 3.34. The van der Waals surface area contributed by atoms with E-state index in [1.54, 1.807) is 5.32 Å². The van der Waals surface area contributed by atoms with E-state index in [4.69, 9.17) is 0 Å². The van der Waals surface area contributed by atoms with E-state index >= 15 is 0 Å². The minimum Gasteiger partial charge on any atom is -0.494 e. The van der Waals surface area contributed by atoms with Crippen molar-refractivity contribution in [1.82, 2.24) is 5.32 Å². The van der Waals surface area contributed by atoms with Crippen molar-refractivity contribution in [2.75, 3.05) is 13.7 Å². The molecular formula is C11H11FN2O5. The van der Waals surface area contributed by atoms with E-state index in [9.17, 15) is 18.8 Å². The summed E-state index contributed by atoms with van der Waals surface area (Å²) in [5.74, 6) is -2.56. The summed E-state index contributed by atoms with van der Waals surface area (Å²) in [5.41, 5.74) is 4.60. The van der Waals surface area contributed by atoms with E-state index in [1.165, 1.54) is 19.2 Å². The molecule has 0 radical (unpaired) electrons. The van der Waals surface area contributed by atoms with E-state index in [2.05, 4.69) is 15.2 Å². The molecule has 8 heteroatoms.